The van der Waals surface area contributed by atoms with E-state index in [4.69, 9.17) is 0 Å². The maximum Gasteiger partial charge on any atom is 0.317 e. The summed E-state index contributed by atoms with van der Waals surface area (Å²) < 4.78 is 0. The summed E-state index contributed by atoms with van der Waals surface area (Å²) in [6.45, 7) is 4.15. The monoisotopic (exact) mass is 474 g/mol. The first-order valence-electron chi connectivity index (χ1n) is 12.9. The number of carbonyl (C=O) groups is 2. The van der Waals surface area contributed by atoms with Crippen LogP contribution in [-0.2, 0) is 0 Å². The van der Waals surface area contributed by atoms with Crippen LogP contribution >= 0.6 is 0 Å². The van der Waals surface area contributed by atoms with Gasteiger partial charge in [-0.05, 0) is 74.3 Å². The predicted octanol–water partition coefficient (Wildman–Crippen LogP) is 2.63. The van der Waals surface area contributed by atoms with Crippen LogP contribution in [0, 0.1) is 18.8 Å². The predicted molar refractivity (Wildman–Crippen MR) is 132 cm³/mol. The first-order chi connectivity index (χ1) is 17.1. The number of pyridine rings is 1. The molecule has 184 valence electrons. The van der Waals surface area contributed by atoms with Crippen molar-refractivity contribution in [1.29, 1.82) is 0 Å². The number of hydrogen-bond acceptors (Lipinski definition) is 5. The summed E-state index contributed by atoms with van der Waals surface area (Å²) in [4.78, 5) is 34.5. The van der Waals surface area contributed by atoms with Gasteiger partial charge in [-0.1, -0.05) is 18.2 Å². The Bertz CT molecular complexity index is 1090. The number of nitrogens with zero attached hydrogens (tertiary/aromatic N) is 3. The molecule has 0 radical (unpaired) electrons. The molecule has 1 saturated carbocycles. The van der Waals surface area contributed by atoms with E-state index in [0.29, 0.717) is 30.0 Å². The number of fused-ring (bicyclic) bond motifs is 2. The van der Waals surface area contributed by atoms with E-state index in [1.807, 2.05) is 53.3 Å². The molecular weight excluding hydrogens is 440 g/mol. The van der Waals surface area contributed by atoms with Crippen LogP contribution in [0.2, 0.25) is 0 Å². The van der Waals surface area contributed by atoms with E-state index in [9.17, 15) is 9.59 Å². The number of piperidine rings is 1. The van der Waals surface area contributed by atoms with Crippen LogP contribution in [0.5, 0.6) is 0 Å². The van der Waals surface area contributed by atoms with Gasteiger partial charge in [-0.3, -0.25) is 15.2 Å². The van der Waals surface area contributed by atoms with Crippen LogP contribution < -0.4 is 16.2 Å². The van der Waals surface area contributed by atoms with E-state index < -0.39 is 0 Å². The van der Waals surface area contributed by atoms with E-state index in [2.05, 4.69) is 33.3 Å². The maximum absolute atomic E-state index is 13.2. The number of benzene rings is 1. The molecule has 4 heterocycles. The number of aromatic nitrogens is 1. The van der Waals surface area contributed by atoms with E-state index in [-0.39, 0.29) is 30.1 Å². The summed E-state index contributed by atoms with van der Waals surface area (Å²) in [7, 11) is 0. The van der Waals surface area contributed by atoms with Gasteiger partial charge in [0, 0.05) is 49.2 Å². The zero-order valence-corrected chi connectivity index (χ0v) is 20.2. The topological polar surface area (TPSA) is 89.6 Å². The smallest absolute Gasteiger partial charge is 0.317 e. The number of hydrazine groups is 1. The molecule has 3 aliphatic heterocycles. The SMILES string of the molecule is Cc1cc(C2NNC3CC4NC(=O)N([C@@H]5CCCN(C(=O)c6ccccc6)C5)CC4CC32)ccn1. The Kier molecular flexibility index (Phi) is 5.94. The molecule has 1 aromatic heterocycles. The lowest BCUT2D eigenvalue weighted by Crippen LogP contribution is -2.64. The number of carbonyl (C=O) groups excluding carboxylic acids is 2. The first kappa shape index (κ1) is 22.5. The molecule has 8 nitrogen and oxygen atoms in total. The maximum atomic E-state index is 13.2. The van der Waals surface area contributed by atoms with Gasteiger partial charge >= 0.3 is 6.03 Å². The number of nitrogens with one attached hydrogen (secondary N) is 3. The largest absolute Gasteiger partial charge is 0.337 e. The summed E-state index contributed by atoms with van der Waals surface area (Å²) in [5.74, 6) is 0.934. The normalized spacial score (nSPS) is 32.5. The van der Waals surface area contributed by atoms with Gasteiger partial charge in [-0.25, -0.2) is 10.2 Å². The molecule has 3 amide bonds. The fraction of sp³-hybridized carbons (Fsp3) is 0.519. The lowest BCUT2D eigenvalue weighted by Gasteiger charge is -2.49. The molecule has 2 aromatic rings. The van der Waals surface area contributed by atoms with Gasteiger partial charge in [0.05, 0.1) is 12.1 Å². The molecule has 8 heteroatoms. The van der Waals surface area contributed by atoms with Crippen LogP contribution in [0.3, 0.4) is 0 Å². The van der Waals surface area contributed by atoms with E-state index in [1.165, 1.54) is 5.56 Å². The Labute approximate surface area is 206 Å². The minimum atomic E-state index is 0.0241. The molecule has 3 N–H and O–H groups in total. The number of likely N-dealkylation sites (tertiary alicyclic amines) is 1. The second-order valence-corrected chi connectivity index (χ2v) is 10.6. The number of urea groups is 1. The van der Waals surface area contributed by atoms with Crippen molar-refractivity contribution in [2.24, 2.45) is 11.8 Å². The fourth-order valence-electron chi connectivity index (χ4n) is 6.68. The van der Waals surface area contributed by atoms with Gasteiger partial charge in [-0.2, -0.15) is 0 Å². The zero-order chi connectivity index (χ0) is 23.9. The number of rotatable bonds is 3. The van der Waals surface area contributed by atoms with E-state index in [0.717, 1.165) is 44.5 Å². The molecule has 35 heavy (non-hydrogen) atoms. The minimum absolute atomic E-state index is 0.0241. The highest BCUT2D eigenvalue weighted by atomic mass is 16.2. The van der Waals surface area contributed by atoms with Crippen LogP contribution in [0.15, 0.2) is 48.7 Å². The highest BCUT2D eigenvalue weighted by Gasteiger charge is 2.48. The van der Waals surface area contributed by atoms with Gasteiger partial charge in [-0.15, -0.1) is 0 Å². The van der Waals surface area contributed by atoms with Crippen molar-refractivity contribution in [3.63, 3.8) is 0 Å². The van der Waals surface area contributed by atoms with Crippen molar-refractivity contribution in [1.82, 2.24) is 31.0 Å². The summed E-state index contributed by atoms with van der Waals surface area (Å²) in [6, 6.07) is 14.6. The van der Waals surface area contributed by atoms with Crippen LogP contribution in [0.1, 0.15) is 53.3 Å². The van der Waals surface area contributed by atoms with Crippen LogP contribution in [0.4, 0.5) is 4.79 Å². The summed E-state index contributed by atoms with van der Waals surface area (Å²) >= 11 is 0. The third-order valence-corrected chi connectivity index (χ3v) is 8.45. The molecule has 4 fully saturated rings. The van der Waals surface area contributed by atoms with Crippen LogP contribution in [-0.4, -0.2) is 64.5 Å². The molecule has 6 atom stereocenters. The molecule has 1 aromatic carbocycles. The van der Waals surface area contributed by atoms with Crippen molar-refractivity contribution in [3.05, 3.63) is 65.5 Å². The van der Waals surface area contributed by atoms with Crippen molar-refractivity contribution < 1.29 is 9.59 Å². The molecule has 0 spiro atoms. The third-order valence-electron chi connectivity index (χ3n) is 8.45. The number of aryl methyl sites for hydroxylation is 1. The molecular formula is C27H34N6O2. The Morgan fingerprint density at radius 3 is 2.74 bits per heavy atom. The number of amides is 3. The van der Waals surface area contributed by atoms with Crippen molar-refractivity contribution in [2.45, 2.75) is 56.8 Å². The van der Waals surface area contributed by atoms with Gasteiger partial charge < -0.3 is 15.1 Å². The van der Waals surface area contributed by atoms with Gasteiger partial charge in [0.1, 0.15) is 0 Å². The average molecular weight is 475 g/mol. The second kappa shape index (κ2) is 9.24. The molecule has 3 saturated heterocycles. The van der Waals surface area contributed by atoms with Gasteiger partial charge in [0.25, 0.3) is 5.91 Å². The van der Waals surface area contributed by atoms with Crippen LogP contribution in [0.25, 0.3) is 0 Å². The van der Waals surface area contributed by atoms with E-state index >= 15 is 0 Å². The van der Waals surface area contributed by atoms with Gasteiger partial charge in [0.15, 0.2) is 0 Å². The Morgan fingerprint density at radius 1 is 1.06 bits per heavy atom. The summed E-state index contributed by atoms with van der Waals surface area (Å²) in [5, 5.41) is 3.32. The quantitative estimate of drug-likeness (QED) is 0.637. The highest BCUT2D eigenvalue weighted by Crippen LogP contribution is 2.42. The zero-order valence-electron chi connectivity index (χ0n) is 20.2. The highest BCUT2D eigenvalue weighted by molar-refractivity contribution is 5.94. The van der Waals surface area contributed by atoms with Crippen molar-refractivity contribution in [3.8, 4) is 0 Å². The summed E-state index contributed by atoms with van der Waals surface area (Å²) in [6.07, 6.45) is 5.74. The van der Waals surface area contributed by atoms with Crippen molar-refractivity contribution >= 4 is 11.9 Å². The standard InChI is InChI=1S/C27H34N6O2/c1-17-12-19(9-10-28-17)25-22-13-20-15-33(27(35)29-23(20)14-24(22)30-31-25)21-8-5-11-32(16-21)26(34)18-6-3-2-4-7-18/h2-4,6-7,9-10,12,20-25,30-31H,5,8,11,13-16H2,1H3,(H,29,35)/t20?,21-,22?,23?,24?,25?/m1/s1. The molecule has 0 bridgehead atoms. The summed E-state index contributed by atoms with van der Waals surface area (Å²) in [5.41, 5.74) is 10.0. The lowest BCUT2D eigenvalue weighted by atomic mass is 9.71. The fourth-order valence-corrected chi connectivity index (χ4v) is 6.68. The Hall–Kier alpha value is -2.97. The molecule has 6 rings (SSSR count). The van der Waals surface area contributed by atoms with Gasteiger partial charge in [0.2, 0.25) is 0 Å². The van der Waals surface area contributed by atoms with E-state index in [1.54, 1.807) is 0 Å². The lowest BCUT2D eigenvalue weighted by molar-refractivity contribution is 0.0445. The Morgan fingerprint density at radius 2 is 1.91 bits per heavy atom. The minimum Gasteiger partial charge on any atom is -0.337 e. The third kappa shape index (κ3) is 4.29. The number of hydrogen-bond donors (Lipinski definition) is 3. The first-order valence-corrected chi connectivity index (χ1v) is 12.9. The Balaban J connectivity index is 1.15. The average Bonchev–Trinajstić information content (AvgIpc) is 3.30. The second-order valence-electron chi connectivity index (χ2n) is 10.6. The molecule has 5 unspecified atom stereocenters. The molecule has 1 aliphatic carbocycles. The van der Waals surface area contributed by atoms with Crippen molar-refractivity contribution in [2.75, 3.05) is 19.6 Å². The molecule has 4 aliphatic rings.